The molecule has 0 atom stereocenters. The van der Waals surface area contributed by atoms with Crippen LogP contribution in [-0.4, -0.2) is 52.5 Å². The molecule has 0 saturated heterocycles. The molecule has 102 valence electrons. The highest BCUT2D eigenvalue weighted by molar-refractivity contribution is 5.65. The van der Waals surface area contributed by atoms with Crippen LogP contribution in [0.25, 0.3) is 5.65 Å². The van der Waals surface area contributed by atoms with Crippen molar-refractivity contribution < 1.29 is 0 Å². The summed E-state index contributed by atoms with van der Waals surface area (Å²) in [6.07, 6.45) is 8.34. The molecule has 0 amide bonds. The second-order valence-corrected chi connectivity index (χ2v) is 5.02. The number of nitrogens with one attached hydrogen (secondary N) is 2. The average molecular weight is 260 g/mol. The molecule has 1 aliphatic rings. The number of hydrogen-bond donors (Lipinski definition) is 2. The second-order valence-electron chi connectivity index (χ2n) is 5.02. The zero-order valence-electron chi connectivity index (χ0n) is 11.4. The van der Waals surface area contributed by atoms with Gasteiger partial charge in [0.15, 0.2) is 11.5 Å². The quantitative estimate of drug-likeness (QED) is 0.819. The summed E-state index contributed by atoms with van der Waals surface area (Å²) in [5.41, 5.74) is 0.869. The first-order valence-corrected chi connectivity index (χ1v) is 6.73. The minimum absolute atomic E-state index is 0.796. The van der Waals surface area contributed by atoms with Gasteiger partial charge in [-0.05, 0) is 19.9 Å². The topological polar surface area (TPSA) is 57.5 Å². The number of anilines is 2. The summed E-state index contributed by atoms with van der Waals surface area (Å²) in [6.45, 7) is 1.92. The monoisotopic (exact) mass is 260 g/mol. The van der Waals surface area contributed by atoms with Gasteiger partial charge in [-0.3, -0.25) is 0 Å². The molecule has 0 aromatic carbocycles. The summed E-state index contributed by atoms with van der Waals surface area (Å²) in [6, 6.07) is 0.796. The molecule has 0 radical (unpaired) electrons. The molecule has 19 heavy (non-hydrogen) atoms. The molecular weight excluding hydrogens is 240 g/mol. The van der Waals surface area contributed by atoms with Crippen LogP contribution < -0.4 is 10.6 Å². The van der Waals surface area contributed by atoms with Crippen molar-refractivity contribution in [2.24, 2.45) is 0 Å². The van der Waals surface area contributed by atoms with Gasteiger partial charge in [0.2, 0.25) is 0 Å². The van der Waals surface area contributed by atoms with Gasteiger partial charge >= 0.3 is 0 Å². The van der Waals surface area contributed by atoms with Crippen molar-refractivity contribution in [2.75, 3.05) is 37.8 Å². The predicted molar refractivity (Wildman–Crippen MR) is 76.7 cm³/mol. The van der Waals surface area contributed by atoms with Crippen LogP contribution in [-0.2, 0) is 0 Å². The Morgan fingerprint density at radius 1 is 1.47 bits per heavy atom. The van der Waals surface area contributed by atoms with E-state index in [1.54, 1.807) is 6.20 Å². The van der Waals surface area contributed by atoms with Crippen molar-refractivity contribution in [1.29, 1.82) is 0 Å². The zero-order valence-corrected chi connectivity index (χ0v) is 11.4. The number of hydrogen-bond acceptors (Lipinski definition) is 5. The van der Waals surface area contributed by atoms with E-state index >= 15 is 0 Å². The van der Waals surface area contributed by atoms with Gasteiger partial charge in [0.25, 0.3) is 0 Å². The third-order valence-corrected chi connectivity index (χ3v) is 3.56. The maximum absolute atomic E-state index is 4.52. The van der Waals surface area contributed by atoms with E-state index in [9.17, 15) is 0 Å². The molecule has 6 nitrogen and oxygen atoms in total. The van der Waals surface area contributed by atoms with E-state index in [0.717, 1.165) is 36.4 Å². The van der Waals surface area contributed by atoms with Gasteiger partial charge in [-0.2, -0.15) is 0 Å². The molecule has 2 N–H and O–H groups in total. The molecule has 6 heteroatoms. The largest absolute Gasteiger partial charge is 0.372 e. The highest BCUT2D eigenvalue weighted by Crippen LogP contribution is 2.24. The zero-order chi connectivity index (χ0) is 13.2. The van der Waals surface area contributed by atoms with Crippen LogP contribution in [0.4, 0.5) is 11.6 Å². The number of imidazole rings is 1. The molecular formula is C13H20N6. The minimum atomic E-state index is 0.796. The highest BCUT2D eigenvalue weighted by atomic mass is 15.2. The van der Waals surface area contributed by atoms with Crippen LogP contribution in [0.1, 0.15) is 12.8 Å². The molecule has 3 rings (SSSR count). The maximum Gasteiger partial charge on any atom is 0.180 e. The molecule has 0 unspecified atom stereocenters. The number of aromatic nitrogens is 3. The average Bonchev–Trinajstić information content (AvgIpc) is 3.16. The lowest BCUT2D eigenvalue weighted by atomic mass is 10.5. The Balaban J connectivity index is 1.70. The Morgan fingerprint density at radius 2 is 2.32 bits per heavy atom. The normalized spacial score (nSPS) is 15.1. The Morgan fingerprint density at radius 3 is 3.05 bits per heavy atom. The molecule has 1 aliphatic carbocycles. The highest BCUT2D eigenvalue weighted by Gasteiger charge is 2.25. The summed E-state index contributed by atoms with van der Waals surface area (Å²) >= 11 is 0. The smallest absolute Gasteiger partial charge is 0.180 e. The van der Waals surface area contributed by atoms with E-state index < -0.39 is 0 Å². The predicted octanol–water partition coefficient (Wildman–Crippen LogP) is 1.28. The molecule has 2 aromatic heterocycles. The summed E-state index contributed by atoms with van der Waals surface area (Å²) in [7, 11) is 4.05. The number of rotatable bonds is 6. The van der Waals surface area contributed by atoms with Gasteiger partial charge in [-0.15, -0.1) is 0 Å². The SMILES string of the molecule is CNc1cn2ccnc2c(NCCN(C)C2CC2)n1. The first kappa shape index (κ1) is 12.2. The van der Waals surface area contributed by atoms with E-state index in [1.165, 1.54) is 12.8 Å². The molecule has 1 fully saturated rings. The van der Waals surface area contributed by atoms with Gasteiger partial charge in [0.05, 0.1) is 6.20 Å². The Bertz CT molecular complexity index is 559. The molecule has 0 spiro atoms. The summed E-state index contributed by atoms with van der Waals surface area (Å²) in [5, 5.41) is 6.45. The first-order valence-electron chi connectivity index (χ1n) is 6.73. The first-order chi connectivity index (χ1) is 9.28. The van der Waals surface area contributed by atoms with Crippen molar-refractivity contribution in [3.05, 3.63) is 18.6 Å². The third kappa shape index (κ3) is 2.63. The van der Waals surface area contributed by atoms with Crippen molar-refractivity contribution >= 4 is 17.3 Å². The van der Waals surface area contributed by atoms with Gasteiger partial charge in [-0.1, -0.05) is 0 Å². The van der Waals surface area contributed by atoms with Crippen LogP contribution in [0.15, 0.2) is 18.6 Å². The van der Waals surface area contributed by atoms with E-state index in [0.29, 0.717) is 0 Å². The van der Waals surface area contributed by atoms with E-state index in [2.05, 4.69) is 32.5 Å². The number of fused-ring (bicyclic) bond motifs is 1. The van der Waals surface area contributed by atoms with Crippen molar-refractivity contribution in [2.45, 2.75) is 18.9 Å². The van der Waals surface area contributed by atoms with Crippen LogP contribution in [0, 0.1) is 0 Å². The summed E-state index contributed by atoms with van der Waals surface area (Å²) < 4.78 is 1.98. The molecule has 2 aromatic rings. The van der Waals surface area contributed by atoms with Gasteiger partial charge in [0, 0.05) is 38.6 Å². The van der Waals surface area contributed by atoms with Crippen LogP contribution in [0.5, 0.6) is 0 Å². The van der Waals surface area contributed by atoms with E-state index in [4.69, 9.17) is 0 Å². The Labute approximate surface area is 112 Å². The lowest BCUT2D eigenvalue weighted by molar-refractivity contribution is 0.337. The summed E-state index contributed by atoms with van der Waals surface area (Å²) in [5.74, 6) is 1.67. The Kier molecular flexibility index (Phi) is 3.25. The minimum Gasteiger partial charge on any atom is -0.372 e. The lowest BCUT2D eigenvalue weighted by Gasteiger charge is -2.16. The molecule has 0 bridgehead atoms. The van der Waals surface area contributed by atoms with E-state index in [1.807, 2.05) is 23.8 Å². The fourth-order valence-electron chi connectivity index (χ4n) is 2.22. The maximum atomic E-state index is 4.52. The van der Waals surface area contributed by atoms with Crippen molar-refractivity contribution in [3.8, 4) is 0 Å². The number of nitrogens with zero attached hydrogens (tertiary/aromatic N) is 4. The molecule has 0 aliphatic heterocycles. The molecule has 1 saturated carbocycles. The fraction of sp³-hybridized carbons (Fsp3) is 0.538. The van der Waals surface area contributed by atoms with Gasteiger partial charge < -0.3 is 19.9 Å². The lowest BCUT2D eigenvalue weighted by Crippen LogP contribution is -2.27. The van der Waals surface area contributed by atoms with Gasteiger partial charge in [-0.25, -0.2) is 9.97 Å². The standard InChI is InChI=1S/C13H20N6/c1-14-11-9-19-8-6-16-13(19)12(17-11)15-5-7-18(2)10-3-4-10/h6,8-10,14H,3-5,7H2,1-2H3,(H,15,17). The molecule has 2 heterocycles. The fourth-order valence-corrected chi connectivity index (χ4v) is 2.22. The van der Waals surface area contributed by atoms with Crippen LogP contribution in [0.3, 0.4) is 0 Å². The van der Waals surface area contributed by atoms with Crippen molar-refractivity contribution in [1.82, 2.24) is 19.3 Å². The third-order valence-electron chi connectivity index (χ3n) is 3.56. The second kappa shape index (κ2) is 5.05. The van der Waals surface area contributed by atoms with Crippen LogP contribution >= 0.6 is 0 Å². The van der Waals surface area contributed by atoms with E-state index in [-0.39, 0.29) is 0 Å². The van der Waals surface area contributed by atoms with Crippen molar-refractivity contribution in [3.63, 3.8) is 0 Å². The van der Waals surface area contributed by atoms with Gasteiger partial charge in [0.1, 0.15) is 5.82 Å². The van der Waals surface area contributed by atoms with Crippen LogP contribution in [0.2, 0.25) is 0 Å². The summed E-state index contributed by atoms with van der Waals surface area (Å²) in [4.78, 5) is 11.3. The Hall–Kier alpha value is -1.82. The number of likely N-dealkylation sites (N-methyl/N-ethyl adjacent to an activating group) is 1.